The summed E-state index contributed by atoms with van der Waals surface area (Å²) in [5.41, 5.74) is 0. The van der Waals surface area contributed by atoms with E-state index in [0.29, 0.717) is 25.8 Å². The number of halogens is 1. The van der Waals surface area contributed by atoms with E-state index in [0.717, 1.165) is 30.4 Å². The molecule has 0 radical (unpaired) electrons. The Morgan fingerprint density at radius 3 is 2.56 bits per heavy atom. The first-order chi connectivity index (χ1) is 14.9. The third kappa shape index (κ3) is 4.65. The molecule has 2 amide bonds. The fourth-order valence-electron chi connectivity index (χ4n) is 5.39. The lowest BCUT2D eigenvalue weighted by atomic mass is 9.94. The zero-order valence-electron chi connectivity index (χ0n) is 18.6. The van der Waals surface area contributed by atoms with E-state index in [1.54, 1.807) is 17.0 Å². The third-order valence-electron chi connectivity index (χ3n) is 6.84. The van der Waals surface area contributed by atoms with Crippen LogP contribution in [-0.2, 0) is 19.6 Å². The number of aromatic nitrogens is 1. The molecule has 1 aromatic heterocycles. The number of hydrogen-bond donors (Lipinski definition) is 0. The Balaban J connectivity index is 0.00000289. The van der Waals surface area contributed by atoms with Crippen molar-refractivity contribution in [2.75, 3.05) is 26.2 Å². The van der Waals surface area contributed by atoms with Gasteiger partial charge in [0.25, 0.3) is 10.0 Å². The van der Waals surface area contributed by atoms with Crippen LogP contribution in [-0.4, -0.2) is 77.6 Å². The average molecular weight is 485 g/mol. The van der Waals surface area contributed by atoms with Crippen molar-refractivity contribution in [3.8, 4) is 0 Å². The summed E-state index contributed by atoms with van der Waals surface area (Å²) in [6.07, 6.45) is 7.26. The first kappa shape index (κ1) is 24.9. The molecule has 1 aromatic rings. The Hall–Kier alpha value is -1.71. The predicted molar refractivity (Wildman–Crippen MR) is 123 cm³/mol. The lowest BCUT2D eigenvalue weighted by Crippen LogP contribution is -2.44. The van der Waals surface area contributed by atoms with Crippen molar-refractivity contribution >= 4 is 34.2 Å². The molecule has 0 saturated carbocycles. The van der Waals surface area contributed by atoms with Crippen molar-refractivity contribution in [3.63, 3.8) is 0 Å². The second kappa shape index (κ2) is 10.5. The third-order valence-corrected chi connectivity index (χ3v) is 8.58. The molecule has 8 nitrogen and oxygen atoms in total. The van der Waals surface area contributed by atoms with Crippen molar-refractivity contribution in [1.29, 1.82) is 0 Å². The lowest BCUT2D eigenvalue weighted by molar-refractivity contribution is -0.134. The quantitative estimate of drug-likeness (QED) is 0.589. The second-order valence-electron chi connectivity index (χ2n) is 8.79. The number of amides is 2. The fourth-order valence-corrected chi connectivity index (χ4v) is 6.99. The summed E-state index contributed by atoms with van der Waals surface area (Å²) >= 11 is 0. The van der Waals surface area contributed by atoms with E-state index in [9.17, 15) is 18.0 Å². The molecule has 0 aliphatic carbocycles. The number of sulfonamides is 1. The van der Waals surface area contributed by atoms with E-state index in [-0.39, 0.29) is 29.4 Å². The van der Waals surface area contributed by atoms with Crippen molar-refractivity contribution < 1.29 is 18.0 Å². The van der Waals surface area contributed by atoms with Crippen LogP contribution in [0, 0.1) is 5.92 Å². The number of pyridine rings is 1. The molecule has 3 saturated heterocycles. The van der Waals surface area contributed by atoms with Gasteiger partial charge in [-0.15, -0.1) is 12.4 Å². The molecule has 0 N–H and O–H groups in total. The molecule has 178 valence electrons. The van der Waals surface area contributed by atoms with Crippen LogP contribution >= 0.6 is 12.4 Å². The summed E-state index contributed by atoms with van der Waals surface area (Å²) in [5.74, 6) is -0.838. The van der Waals surface area contributed by atoms with Crippen LogP contribution in [0.4, 0.5) is 0 Å². The van der Waals surface area contributed by atoms with E-state index in [1.165, 1.54) is 31.5 Å². The fraction of sp³-hybridized carbons (Fsp3) is 0.682. The maximum atomic E-state index is 13.3. The van der Waals surface area contributed by atoms with E-state index in [1.807, 2.05) is 6.92 Å². The molecule has 0 aromatic carbocycles. The smallest absolute Gasteiger partial charge is 0.284 e. The van der Waals surface area contributed by atoms with Crippen molar-refractivity contribution in [2.24, 2.45) is 5.92 Å². The van der Waals surface area contributed by atoms with Gasteiger partial charge in [-0.3, -0.25) is 9.59 Å². The van der Waals surface area contributed by atoms with Gasteiger partial charge in [0.15, 0.2) is 5.03 Å². The van der Waals surface area contributed by atoms with Gasteiger partial charge in [-0.2, -0.15) is 8.42 Å². The van der Waals surface area contributed by atoms with Crippen LogP contribution in [0.2, 0.25) is 0 Å². The topological polar surface area (TPSA) is 90.9 Å². The lowest BCUT2D eigenvalue weighted by Gasteiger charge is -2.30. The maximum Gasteiger partial charge on any atom is 0.284 e. The number of carbonyl (C=O) groups excluding carboxylic acids is 2. The van der Waals surface area contributed by atoms with Gasteiger partial charge in [0, 0.05) is 25.7 Å². The predicted octanol–water partition coefficient (Wildman–Crippen LogP) is 2.30. The number of fused-ring (bicyclic) bond motifs is 1. The van der Waals surface area contributed by atoms with E-state index < -0.39 is 27.9 Å². The normalized spacial score (nSPS) is 26.2. The van der Waals surface area contributed by atoms with Crippen LogP contribution in [0.3, 0.4) is 0 Å². The number of piperidine rings is 1. The van der Waals surface area contributed by atoms with E-state index >= 15 is 0 Å². The number of hydrogen-bond acceptors (Lipinski definition) is 6. The highest BCUT2D eigenvalue weighted by Gasteiger charge is 2.58. The minimum Gasteiger partial charge on any atom is -0.337 e. The number of rotatable bonds is 7. The van der Waals surface area contributed by atoms with Crippen LogP contribution in [0.5, 0.6) is 0 Å². The first-order valence-electron chi connectivity index (χ1n) is 11.5. The Morgan fingerprint density at radius 1 is 1.16 bits per heavy atom. The largest absolute Gasteiger partial charge is 0.337 e. The molecule has 3 fully saturated rings. The molecule has 4 heterocycles. The summed E-state index contributed by atoms with van der Waals surface area (Å²) in [6, 6.07) is 3.79. The van der Waals surface area contributed by atoms with Crippen LogP contribution in [0.25, 0.3) is 0 Å². The molecule has 4 rings (SSSR count). The Morgan fingerprint density at radius 2 is 1.91 bits per heavy atom. The summed E-state index contributed by atoms with van der Waals surface area (Å²) < 4.78 is 27.6. The number of carbonyl (C=O) groups is 2. The molecule has 32 heavy (non-hydrogen) atoms. The minimum atomic E-state index is -4.05. The van der Waals surface area contributed by atoms with E-state index in [2.05, 4.69) is 9.88 Å². The van der Waals surface area contributed by atoms with Crippen LogP contribution in [0.1, 0.15) is 51.9 Å². The van der Waals surface area contributed by atoms with E-state index in [4.69, 9.17) is 0 Å². The molecule has 3 aliphatic heterocycles. The second-order valence-corrected chi connectivity index (χ2v) is 10.6. The Bertz CT molecular complexity index is 908. The average Bonchev–Trinajstić information content (AvgIpc) is 3.32. The van der Waals surface area contributed by atoms with Gasteiger partial charge in [-0.1, -0.05) is 25.8 Å². The zero-order chi connectivity index (χ0) is 22.0. The zero-order valence-corrected chi connectivity index (χ0v) is 20.2. The maximum absolute atomic E-state index is 13.3. The first-order valence-corrected chi connectivity index (χ1v) is 12.9. The van der Waals surface area contributed by atoms with Gasteiger partial charge in [-0.05, 0) is 50.9 Å². The highest BCUT2D eigenvalue weighted by molar-refractivity contribution is 7.89. The highest BCUT2D eigenvalue weighted by Crippen LogP contribution is 2.41. The molecule has 0 bridgehead atoms. The van der Waals surface area contributed by atoms with Crippen LogP contribution in [0.15, 0.2) is 29.4 Å². The van der Waals surface area contributed by atoms with Crippen molar-refractivity contribution in [3.05, 3.63) is 24.4 Å². The van der Waals surface area contributed by atoms with Crippen LogP contribution < -0.4 is 0 Å². The van der Waals surface area contributed by atoms with Gasteiger partial charge in [-0.25, -0.2) is 9.29 Å². The summed E-state index contributed by atoms with van der Waals surface area (Å²) in [4.78, 5) is 34.5. The molecule has 3 atom stereocenters. The van der Waals surface area contributed by atoms with Gasteiger partial charge >= 0.3 is 0 Å². The van der Waals surface area contributed by atoms with Gasteiger partial charge in [0.05, 0.1) is 18.0 Å². The molecule has 3 aliphatic rings. The van der Waals surface area contributed by atoms with Crippen molar-refractivity contribution in [1.82, 2.24) is 19.1 Å². The standard InChI is InChI=1S/C22H32N4O4S.ClH/c1-2-8-17-21-18(26(22(17)28)31(29,30)19-9-4-5-12-23-19)10-16-25(21)20(27)11-15-24-13-6-3-7-14-24;/h4-5,9,12,17-18,21H,2-3,6-8,10-11,13-16H2,1H3;1H/t17-,18+,21-;/m1./s1. The van der Waals surface area contributed by atoms with Gasteiger partial charge < -0.3 is 9.80 Å². The number of likely N-dealkylation sites (tertiary alicyclic amines) is 2. The summed E-state index contributed by atoms with van der Waals surface area (Å²) in [5, 5.41) is -0.117. The number of nitrogens with zero attached hydrogens (tertiary/aromatic N) is 4. The SMILES string of the molecule is CCC[C@H]1C(=O)N(S(=O)(=O)c2ccccn2)[C@H]2CCN(C(=O)CCN3CCCCC3)[C@H]12.Cl. The molecule has 0 unspecified atom stereocenters. The van der Waals surface area contributed by atoms with Gasteiger partial charge in [0.2, 0.25) is 11.8 Å². The summed E-state index contributed by atoms with van der Waals surface area (Å²) in [7, 11) is -4.05. The summed E-state index contributed by atoms with van der Waals surface area (Å²) in [6.45, 7) is 5.28. The Labute approximate surface area is 196 Å². The highest BCUT2D eigenvalue weighted by atomic mass is 35.5. The monoisotopic (exact) mass is 484 g/mol. The molecular weight excluding hydrogens is 452 g/mol. The molecule has 10 heteroatoms. The van der Waals surface area contributed by atoms with Gasteiger partial charge in [0.1, 0.15) is 0 Å². The molecular formula is C22H33ClN4O4S. The molecule has 0 spiro atoms. The van der Waals surface area contributed by atoms with Crippen molar-refractivity contribution in [2.45, 2.75) is 69.0 Å². The Kier molecular flexibility index (Phi) is 8.16. The minimum absolute atomic E-state index is 0.